The molecule has 1 heterocycles. The normalized spacial score (nSPS) is 31.1. The molecule has 1 fully saturated rings. The first kappa shape index (κ1) is 9.48. The van der Waals surface area contributed by atoms with Gasteiger partial charge in [0.05, 0.1) is 0 Å². The molecule has 70 valence electrons. The minimum Gasteiger partial charge on any atom is -0.481 e. The molecule has 4 nitrogen and oxygen atoms in total. The third-order valence-corrected chi connectivity index (χ3v) is 2.39. The number of hydrogen-bond acceptors (Lipinski definition) is 3. The summed E-state index contributed by atoms with van der Waals surface area (Å²) in [4.78, 5) is 10.4. The van der Waals surface area contributed by atoms with Crippen LogP contribution in [-0.2, 0) is 4.79 Å². The minimum atomic E-state index is -0.739. The van der Waals surface area contributed by atoms with Crippen molar-refractivity contribution in [3.8, 4) is 0 Å². The predicted molar refractivity (Wildman–Crippen MR) is 45.8 cm³/mol. The van der Waals surface area contributed by atoms with E-state index in [4.69, 9.17) is 10.8 Å². The molecule has 1 rings (SSSR count). The van der Waals surface area contributed by atoms with Crippen molar-refractivity contribution in [2.24, 2.45) is 11.7 Å². The Morgan fingerprint density at radius 1 is 1.50 bits per heavy atom. The standard InChI is InChI=1S/C8H16N2O2/c9-7-2-4-10-3-1-6(7)5-8(11)12/h6-7,10H,1-5,9H2,(H,11,12). The van der Waals surface area contributed by atoms with E-state index in [9.17, 15) is 4.79 Å². The molecular weight excluding hydrogens is 156 g/mol. The monoisotopic (exact) mass is 172 g/mol. The second-order valence-electron chi connectivity index (χ2n) is 3.35. The van der Waals surface area contributed by atoms with Crippen LogP contribution in [0.3, 0.4) is 0 Å². The lowest BCUT2D eigenvalue weighted by molar-refractivity contribution is -0.138. The Hall–Kier alpha value is -0.610. The maximum atomic E-state index is 10.4. The first-order chi connectivity index (χ1) is 5.70. The number of carboxylic acid groups (broad SMARTS) is 1. The summed E-state index contributed by atoms with van der Waals surface area (Å²) in [6, 6.07) is 0.0519. The number of nitrogens with two attached hydrogens (primary N) is 1. The van der Waals surface area contributed by atoms with Crippen LogP contribution in [0.15, 0.2) is 0 Å². The van der Waals surface area contributed by atoms with E-state index >= 15 is 0 Å². The van der Waals surface area contributed by atoms with Crippen LogP contribution in [0.5, 0.6) is 0 Å². The van der Waals surface area contributed by atoms with Crippen molar-refractivity contribution >= 4 is 5.97 Å². The second kappa shape index (κ2) is 4.42. The highest BCUT2D eigenvalue weighted by molar-refractivity contribution is 5.67. The first-order valence-corrected chi connectivity index (χ1v) is 4.38. The number of nitrogens with one attached hydrogen (secondary N) is 1. The van der Waals surface area contributed by atoms with Gasteiger partial charge in [-0.1, -0.05) is 0 Å². The van der Waals surface area contributed by atoms with E-state index < -0.39 is 5.97 Å². The zero-order chi connectivity index (χ0) is 8.97. The average molecular weight is 172 g/mol. The Morgan fingerprint density at radius 3 is 2.83 bits per heavy atom. The van der Waals surface area contributed by atoms with E-state index in [-0.39, 0.29) is 18.4 Å². The maximum absolute atomic E-state index is 10.4. The average Bonchev–Trinajstić information content (AvgIpc) is 2.16. The lowest BCUT2D eigenvalue weighted by Gasteiger charge is -2.18. The summed E-state index contributed by atoms with van der Waals surface area (Å²) in [6.07, 6.45) is 1.98. The molecule has 0 aromatic carbocycles. The minimum absolute atomic E-state index is 0.0519. The number of hydrogen-bond donors (Lipinski definition) is 3. The largest absolute Gasteiger partial charge is 0.481 e. The molecule has 0 aliphatic carbocycles. The van der Waals surface area contributed by atoms with E-state index in [1.54, 1.807) is 0 Å². The van der Waals surface area contributed by atoms with Gasteiger partial charge in [0, 0.05) is 12.5 Å². The topological polar surface area (TPSA) is 75.3 Å². The summed E-state index contributed by atoms with van der Waals surface area (Å²) >= 11 is 0. The number of carboxylic acids is 1. The van der Waals surface area contributed by atoms with Crippen LogP contribution >= 0.6 is 0 Å². The van der Waals surface area contributed by atoms with Crippen LogP contribution in [0.4, 0.5) is 0 Å². The lowest BCUT2D eigenvalue weighted by atomic mass is 9.92. The van der Waals surface area contributed by atoms with Gasteiger partial charge in [-0.25, -0.2) is 0 Å². The molecule has 0 aromatic heterocycles. The van der Waals surface area contributed by atoms with Crippen LogP contribution in [0.1, 0.15) is 19.3 Å². The second-order valence-corrected chi connectivity index (χ2v) is 3.35. The lowest BCUT2D eigenvalue weighted by Crippen LogP contribution is -2.31. The molecule has 0 aromatic rings. The molecule has 0 radical (unpaired) electrons. The maximum Gasteiger partial charge on any atom is 0.303 e. The van der Waals surface area contributed by atoms with Gasteiger partial charge in [0.15, 0.2) is 0 Å². The fourth-order valence-corrected chi connectivity index (χ4v) is 1.61. The highest BCUT2D eigenvalue weighted by atomic mass is 16.4. The summed E-state index contributed by atoms with van der Waals surface area (Å²) in [6.45, 7) is 1.81. The Morgan fingerprint density at radius 2 is 2.17 bits per heavy atom. The Bertz CT molecular complexity index is 161. The molecule has 4 N–H and O–H groups in total. The Balaban J connectivity index is 2.41. The van der Waals surface area contributed by atoms with Crippen LogP contribution in [0.25, 0.3) is 0 Å². The van der Waals surface area contributed by atoms with Gasteiger partial charge in [-0.3, -0.25) is 4.79 Å². The molecule has 0 amide bonds. The number of carbonyl (C=O) groups is 1. The predicted octanol–water partition coefficient (Wildman–Crippen LogP) is -0.212. The van der Waals surface area contributed by atoms with Crippen molar-refractivity contribution in [2.45, 2.75) is 25.3 Å². The summed E-state index contributed by atoms with van der Waals surface area (Å²) in [7, 11) is 0. The van der Waals surface area contributed by atoms with Crippen LogP contribution in [0, 0.1) is 5.92 Å². The van der Waals surface area contributed by atoms with Crippen LogP contribution < -0.4 is 11.1 Å². The SMILES string of the molecule is NC1CCNCCC1CC(=O)O. The molecular formula is C8H16N2O2. The number of rotatable bonds is 2. The van der Waals surface area contributed by atoms with Gasteiger partial charge in [0.1, 0.15) is 0 Å². The van der Waals surface area contributed by atoms with Gasteiger partial charge >= 0.3 is 5.97 Å². The van der Waals surface area contributed by atoms with Crippen molar-refractivity contribution in [3.05, 3.63) is 0 Å². The summed E-state index contributed by atoms with van der Waals surface area (Å²) in [5.74, 6) is -0.588. The van der Waals surface area contributed by atoms with Crippen molar-refractivity contribution in [3.63, 3.8) is 0 Å². The van der Waals surface area contributed by atoms with Gasteiger partial charge in [-0.15, -0.1) is 0 Å². The van der Waals surface area contributed by atoms with E-state index in [1.165, 1.54) is 0 Å². The zero-order valence-electron chi connectivity index (χ0n) is 7.12. The quantitative estimate of drug-likeness (QED) is 0.538. The fraction of sp³-hybridized carbons (Fsp3) is 0.875. The first-order valence-electron chi connectivity index (χ1n) is 4.38. The van der Waals surface area contributed by atoms with E-state index in [1.807, 2.05) is 0 Å². The molecule has 4 heteroatoms. The van der Waals surface area contributed by atoms with Crippen molar-refractivity contribution in [2.75, 3.05) is 13.1 Å². The molecule has 2 unspecified atom stereocenters. The summed E-state index contributed by atoms with van der Waals surface area (Å²) in [5.41, 5.74) is 5.82. The fourth-order valence-electron chi connectivity index (χ4n) is 1.61. The summed E-state index contributed by atoms with van der Waals surface area (Å²) < 4.78 is 0. The molecule has 2 atom stereocenters. The van der Waals surface area contributed by atoms with Gasteiger partial charge in [0.2, 0.25) is 0 Å². The molecule has 12 heavy (non-hydrogen) atoms. The highest BCUT2D eigenvalue weighted by Gasteiger charge is 2.22. The zero-order valence-corrected chi connectivity index (χ0v) is 7.12. The van der Waals surface area contributed by atoms with Crippen LogP contribution in [0.2, 0.25) is 0 Å². The molecule has 0 spiro atoms. The van der Waals surface area contributed by atoms with Gasteiger partial charge < -0.3 is 16.2 Å². The van der Waals surface area contributed by atoms with Crippen LogP contribution in [-0.4, -0.2) is 30.2 Å². The van der Waals surface area contributed by atoms with Gasteiger partial charge in [-0.2, -0.15) is 0 Å². The van der Waals surface area contributed by atoms with Crippen molar-refractivity contribution in [1.82, 2.24) is 5.32 Å². The van der Waals surface area contributed by atoms with Gasteiger partial charge in [0.25, 0.3) is 0 Å². The molecule has 1 aliphatic rings. The van der Waals surface area contributed by atoms with E-state index in [2.05, 4.69) is 5.32 Å². The molecule has 1 saturated heterocycles. The Kier molecular flexibility index (Phi) is 3.49. The van der Waals surface area contributed by atoms with Crippen molar-refractivity contribution in [1.29, 1.82) is 0 Å². The third-order valence-electron chi connectivity index (χ3n) is 2.39. The smallest absolute Gasteiger partial charge is 0.303 e. The highest BCUT2D eigenvalue weighted by Crippen LogP contribution is 2.16. The Labute approximate surface area is 72.1 Å². The van der Waals surface area contributed by atoms with E-state index in [0.717, 1.165) is 25.9 Å². The summed E-state index contributed by atoms with van der Waals surface area (Å²) in [5, 5.41) is 11.8. The molecule has 0 saturated carbocycles. The van der Waals surface area contributed by atoms with Gasteiger partial charge in [-0.05, 0) is 31.8 Å². The van der Waals surface area contributed by atoms with E-state index in [0.29, 0.717) is 0 Å². The molecule has 0 bridgehead atoms. The molecule has 1 aliphatic heterocycles. The third kappa shape index (κ3) is 2.79. The number of aliphatic carboxylic acids is 1. The van der Waals surface area contributed by atoms with Crippen molar-refractivity contribution < 1.29 is 9.90 Å².